The Morgan fingerprint density at radius 1 is 0.411 bits per heavy atom. The number of methoxy groups -OCH3 is 7. The van der Waals surface area contributed by atoms with E-state index in [2.05, 4.69) is 241 Å². The van der Waals surface area contributed by atoms with Crippen LogP contribution < -0.4 is 9.47 Å². The van der Waals surface area contributed by atoms with E-state index in [1.807, 2.05) is 68.5 Å². The lowest BCUT2D eigenvalue weighted by molar-refractivity contribution is -0.279. The molecule has 27 heteroatoms. The first kappa shape index (κ1) is 127. The van der Waals surface area contributed by atoms with Crippen LogP contribution in [0.25, 0.3) is 0 Å². The van der Waals surface area contributed by atoms with Crippen molar-refractivity contribution in [2.45, 2.75) is 501 Å². The molecule has 23 nitrogen and oxygen atoms in total. The highest BCUT2D eigenvalue weighted by Gasteiger charge is 2.52. The number of aliphatic hydroxyl groups excluding tert-OH is 1. The lowest BCUT2D eigenvalue weighted by Gasteiger charge is -2.47. The number of hydrogen-bond donors (Lipinski definition) is 1. The summed E-state index contributed by atoms with van der Waals surface area (Å²) in [7, 11) is 2.40. The Labute approximate surface area is 889 Å². The summed E-state index contributed by atoms with van der Waals surface area (Å²) in [5, 5.41) is 12.7. The zero-order valence-electron chi connectivity index (χ0n) is 98.0. The second-order valence-corrected chi connectivity index (χ2v) is 69.5. The monoisotopic (exact) mass is 2110 g/mol. The summed E-state index contributed by atoms with van der Waals surface area (Å²) in [6.07, 6.45) is 26.7. The van der Waals surface area contributed by atoms with Crippen LogP contribution in [0.15, 0.2) is 120 Å². The average Bonchev–Trinajstić information content (AvgIpc) is 0.780. The standard InChI is InChI=1S/C119H204O23Si4/c1-76(48-64-108(120)129-31)46-56-98(139-143(32,33)116(13,14)15)68-92-42-41-45-95(133-92)73-103(128-30)83(8)105-75-107(137-115(135-105)89-54-62-91(124-26)63-55-89)85(10)113(87(12)112(142-146(38,39)119(22,23)24)79(4)51-59-97-71-101(126-28)67-81(6)131-97)138-109(121)65-49-77(2)47-57-99(140-144(34,35)117(16,17)18)69-93-43-40-44-94(132-93)72-102(127-29)82(7)104-74-106(136-114(134-104)88-52-60-90(123-25)61-53-88)84(9)110(122)86(11)111(141-145(36,37)118(19,20)21)78(3)50-58-96-70-100(125-27)66-80(5)130-96/h40-43,46-49,52-55,60-65,78-87,92-107,110-115,122H,44-45,50-51,56-59,66-75H2,1-39H3/b64-48+,65-49+,76-46+,77-47+/t78-,79-,80-,81-,82+,83+,84-,85-,86+,87-,92-,93-,94-,95-,96-,97-,98-,99-,100+,101+,102-,103-,104-,105-,106+,107+,110-,111-,112-,113-,114+,115+/m0/s1. The number of ether oxygens (including phenoxy) is 16. The second kappa shape index (κ2) is 56.8. The molecule has 4 saturated heterocycles. The maximum atomic E-state index is 15.5. The Morgan fingerprint density at radius 3 is 1.11 bits per heavy atom. The van der Waals surface area contributed by atoms with E-state index < -0.39 is 82.0 Å². The minimum atomic E-state index is -2.55. The fraction of sp³-hybridized carbons (Fsp3) is 0.782. The van der Waals surface area contributed by atoms with Crippen molar-refractivity contribution in [1.29, 1.82) is 0 Å². The third kappa shape index (κ3) is 37.5. The molecule has 1 N–H and O–H groups in total. The smallest absolute Gasteiger partial charge is 0.331 e. The molecule has 2 aromatic carbocycles. The van der Waals surface area contributed by atoms with Gasteiger partial charge in [0.05, 0.1) is 150 Å². The normalized spacial score (nSPS) is 28.3. The van der Waals surface area contributed by atoms with E-state index >= 15 is 4.79 Å². The molecule has 146 heavy (non-hydrogen) atoms. The summed E-state index contributed by atoms with van der Waals surface area (Å²) < 4.78 is 135. The van der Waals surface area contributed by atoms with Crippen molar-refractivity contribution in [3.63, 3.8) is 0 Å². The van der Waals surface area contributed by atoms with Gasteiger partial charge in [0.1, 0.15) is 17.6 Å². The summed E-state index contributed by atoms with van der Waals surface area (Å²) in [6, 6.07) is 15.8. The maximum Gasteiger partial charge on any atom is 0.331 e. The molecule has 6 aliphatic heterocycles. The molecular weight excluding hydrogens is 1910 g/mol. The van der Waals surface area contributed by atoms with Crippen LogP contribution in [0.3, 0.4) is 0 Å². The predicted molar refractivity (Wildman–Crippen MR) is 597 cm³/mol. The fourth-order valence-corrected chi connectivity index (χ4v) is 26.8. The van der Waals surface area contributed by atoms with Gasteiger partial charge in [-0.25, -0.2) is 9.59 Å². The van der Waals surface area contributed by atoms with E-state index in [1.165, 1.54) is 13.2 Å². The Bertz CT molecular complexity index is 4390. The Morgan fingerprint density at radius 2 is 0.760 bits per heavy atom. The molecular formula is C119H204O23Si4. The van der Waals surface area contributed by atoms with Crippen LogP contribution in [-0.4, -0.2) is 234 Å². The third-order valence-electron chi connectivity index (χ3n) is 35.0. The molecule has 2 aromatic rings. The molecule has 834 valence electrons. The molecule has 0 unspecified atom stereocenters. The van der Waals surface area contributed by atoms with Crippen molar-refractivity contribution in [2.24, 2.45) is 47.3 Å². The lowest BCUT2D eigenvalue weighted by atomic mass is 9.78. The van der Waals surface area contributed by atoms with Crippen LogP contribution in [0.1, 0.15) is 305 Å². The summed E-state index contributed by atoms with van der Waals surface area (Å²) in [5.41, 5.74) is 3.54. The van der Waals surface area contributed by atoms with Gasteiger partial charge in [-0.2, -0.15) is 0 Å². The summed E-state index contributed by atoms with van der Waals surface area (Å²) in [4.78, 5) is 27.6. The van der Waals surface area contributed by atoms with Crippen molar-refractivity contribution in [1.82, 2.24) is 0 Å². The third-order valence-corrected chi connectivity index (χ3v) is 53.0. The number of aliphatic hydroxyl groups is 1. The van der Waals surface area contributed by atoms with Crippen LogP contribution in [0.2, 0.25) is 72.5 Å². The minimum absolute atomic E-state index is 0.0177. The lowest BCUT2D eigenvalue weighted by Crippen LogP contribution is -2.53. The van der Waals surface area contributed by atoms with Gasteiger partial charge in [-0.05, 0) is 213 Å². The average molecular weight is 2120 g/mol. The van der Waals surface area contributed by atoms with Crippen molar-refractivity contribution in [3.05, 3.63) is 132 Å². The number of carbonyl (C=O) groups is 2. The zero-order chi connectivity index (χ0) is 109. The largest absolute Gasteiger partial charge is 0.497 e. The van der Waals surface area contributed by atoms with Gasteiger partial charge < -0.3 is 98.6 Å². The van der Waals surface area contributed by atoms with Gasteiger partial charge in [0.2, 0.25) is 0 Å². The first-order chi connectivity index (χ1) is 68.2. The molecule has 6 heterocycles. The van der Waals surface area contributed by atoms with Crippen LogP contribution in [-0.2, 0) is 93.6 Å². The van der Waals surface area contributed by atoms with Gasteiger partial charge in [0, 0.05) is 126 Å². The second-order valence-electron chi connectivity index (χ2n) is 50.5. The molecule has 0 spiro atoms. The molecule has 0 aromatic heterocycles. The molecule has 0 saturated carbocycles. The van der Waals surface area contributed by atoms with E-state index in [1.54, 1.807) is 54.8 Å². The Balaban J connectivity index is 1.06. The van der Waals surface area contributed by atoms with Crippen molar-refractivity contribution in [2.75, 3.05) is 49.8 Å². The molecule has 0 amide bonds. The molecule has 32 atom stereocenters. The summed E-state index contributed by atoms with van der Waals surface area (Å²) >= 11 is 0. The number of allylic oxidation sites excluding steroid dienone is 4. The van der Waals surface area contributed by atoms with Gasteiger partial charge in [-0.1, -0.05) is 222 Å². The number of carbonyl (C=O) groups excluding carboxylic acids is 2. The highest BCUT2D eigenvalue weighted by atomic mass is 28.4. The SMILES string of the molecule is COC(=O)/C=C/C(C)=C/C[C@@H](C[C@@H]1C=CC[C@@H](C[C@H](OC)[C@@H](C)[C@@H]2C[C@H]([C@H](C)[C@H](OC(=O)/C=C/C(C)=C/C[C@@H](C[C@@H]3C=CC[C@@H](C[C@H](OC)[C@@H](C)[C@@H]4C[C@H]([C@H](C)[C@H](O)[C@@H](C)[C@@H](O[Si](C)(C)C(C)(C)C)[C@@H](C)CC[C@H]5C[C@H](OC)C[C@H](C)O5)O[C@H](c5ccc(OC)cc5)O4)O3)O[Si](C)(C)C(C)(C)C)[C@@H](C)[C@@H](O[Si](C)(C)C(C)(C)C)[C@@H](C)CC[C@H]3C[C@H](OC)C[C@H](C)O3)O[C@H](c3ccc(OC)cc3)O2)O1)O[Si](C)(C)C(C)(C)C. The highest BCUT2D eigenvalue weighted by molar-refractivity contribution is 6.75. The fourth-order valence-electron chi connectivity index (χ4n) is 21.0. The van der Waals surface area contributed by atoms with E-state index in [9.17, 15) is 9.90 Å². The number of rotatable bonds is 53. The number of hydrogen-bond acceptors (Lipinski definition) is 23. The molecule has 0 bridgehead atoms. The first-order valence-corrected chi connectivity index (χ1v) is 67.1. The molecule has 8 rings (SSSR count). The number of benzene rings is 2. The topological polar surface area (TPSA) is 239 Å². The quantitative estimate of drug-likeness (QED) is 0.0213. The van der Waals surface area contributed by atoms with E-state index in [-0.39, 0.29) is 178 Å². The van der Waals surface area contributed by atoms with Crippen molar-refractivity contribution >= 4 is 45.2 Å². The predicted octanol–water partition coefficient (Wildman–Crippen LogP) is 27.4. The van der Waals surface area contributed by atoms with Gasteiger partial charge in [0.15, 0.2) is 45.8 Å². The van der Waals surface area contributed by atoms with Crippen molar-refractivity contribution in [3.8, 4) is 11.5 Å². The maximum absolute atomic E-state index is 15.5. The van der Waals surface area contributed by atoms with Gasteiger partial charge in [0.25, 0.3) is 0 Å². The highest BCUT2D eigenvalue weighted by Crippen LogP contribution is 2.50. The van der Waals surface area contributed by atoms with Crippen LogP contribution >= 0.6 is 0 Å². The van der Waals surface area contributed by atoms with E-state index in [4.69, 9.17) is 93.5 Å². The van der Waals surface area contributed by atoms with Gasteiger partial charge in [-0.3, -0.25) is 0 Å². The zero-order valence-corrected chi connectivity index (χ0v) is 102. The molecule has 0 radical (unpaired) electrons. The first-order valence-electron chi connectivity index (χ1n) is 55.5. The summed E-state index contributed by atoms with van der Waals surface area (Å²) in [6.45, 7) is 72.0. The Hall–Kier alpha value is -4.39. The molecule has 4 fully saturated rings. The Kier molecular flexibility index (Phi) is 49.3. The van der Waals surface area contributed by atoms with E-state index in [0.29, 0.717) is 70.0 Å². The van der Waals surface area contributed by atoms with Gasteiger partial charge >= 0.3 is 11.9 Å². The molecule has 0 aliphatic carbocycles. The van der Waals surface area contributed by atoms with Gasteiger partial charge in [-0.15, -0.1) is 0 Å². The molecule has 6 aliphatic rings. The summed E-state index contributed by atoms with van der Waals surface area (Å²) in [5.74, 6) is -0.828. The van der Waals surface area contributed by atoms with Crippen molar-refractivity contribution < 1.29 is 108 Å². The van der Waals surface area contributed by atoms with Crippen LogP contribution in [0.4, 0.5) is 0 Å². The number of esters is 2. The van der Waals surface area contributed by atoms with Crippen LogP contribution in [0.5, 0.6) is 11.5 Å². The van der Waals surface area contributed by atoms with Crippen LogP contribution in [0, 0.1) is 47.3 Å². The van der Waals surface area contributed by atoms with E-state index in [0.717, 1.165) is 79.4 Å². The minimum Gasteiger partial charge on any atom is -0.497 e.